The van der Waals surface area contributed by atoms with E-state index in [0.717, 1.165) is 0 Å². The summed E-state index contributed by atoms with van der Waals surface area (Å²) >= 11 is 0. The Labute approximate surface area is 133 Å². The second-order valence-corrected chi connectivity index (χ2v) is 7.39. The monoisotopic (exact) mass is 324 g/mol. The van der Waals surface area contributed by atoms with Crippen LogP contribution in [0.15, 0.2) is 12.2 Å². The van der Waals surface area contributed by atoms with E-state index in [1.165, 1.54) is 7.11 Å². The Kier molecular flexibility index (Phi) is 2.60. The van der Waals surface area contributed by atoms with E-state index in [1.807, 2.05) is 0 Å². The average Bonchev–Trinajstić information content (AvgIpc) is 2.67. The van der Waals surface area contributed by atoms with Gasteiger partial charge in [0.05, 0.1) is 24.0 Å². The van der Waals surface area contributed by atoms with Crippen LogP contribution in [0.2, 0.25) is 0 Å². The molecule has 0 radical (unpaired) electrons. The highest BCUT2D eigenvalue weighted by atomic mass is 16.6. The van der Waals surface area contributed by atoms with Crippen molar-refractivity contribution in [2.45, 2.75) is 49.8 Å². The minimum absolute atomic E-state index is 0.0222. The highest BCUT2D eigenvalue weighted by Crippen LogP contribution is 2.71. The van der Waals surface area contributed by atoms with E-state index in [2.05, 4.69) is 6.58 Å². The Morgan fingerprint density at radius 1 is 1.43 bits per heavy atom. The zero-order chi connectivity index (χ0) is 16.9. The van der Waals surface area contributed by atoms with Crippen molar-refractivity contribution in [1.82, 2.24) is 0 Å². The van der Waals surface area contributed by atoms with Crippen molar-refractivity contribution in [2.75, 3.05) is 7.11 Å². The lowest BCUT2D eigenvalue weighted by Gasteiger charge is -2.57. The Hall–Kier alpha value is -1.44. The molecule has 5 bridgehead atoms. The molecule has 4 fully saturated rings. The second kappa shape index (κ2) is 3.96. The molecule has 4 rings (SSSR count). The van der Waals surface area contributed by atoms with Gasteiger partial charge in [0.25, 0.3) is 0 Å². The van der Waals surface area contributed by atoms with Crippen molar-refractivity contribution in [1.29, 1.82) is 0 Å². The smallest absolute Gasteiger partial charge is 0.342 e. The number of ether oxygens (including phenoxy) is 3. The summed E-state index contributed by atoms with van der Waals surface area (Å²) in [5.74, 6) is -2.91. The van der Waals surface area contributed by atoms with Crippen molar-refractivity contribution in [3.8, 4) is 0 Å². The summed E-state index contributed by atoms with van der Waals surface area (Å²) in [5, 5.41) is 22.5. The molecule has 126 valence electrons. The topological polar surface area (TPSA) is 102 Å². The maximum absolute atomic E-state index is 12.5. The van der Waals surface area contributed by atoms with E-state index < -0.39 is 58.7 Å². The summed E-state index contributed by atoms with van der Waals surface area (Å²) in [4.78, 5) is 24.8. The van der Waals surface area contributed by atoms with Gasteiger partial charge in [0.15, 0.2) is 5.60 Å². The van der Waals surface area contributed by atoms with Gasteiger partial charge < -0.3 is 24.4 Å². The number of methoxy groups -OCH3 is 1. The molecule has 0 unspecified atom stereocenters. The van der Waals surface area contributed by atoms with Crippen molar-refractivity contribution in [3.63, 3.8) is 0 Å². The number of esters is 2. The summed E-state index contributed by atoms with van der Waals surface area (Å²) in [6.45, 7) is 7.26. The van der Waals surface area contributed by atoms with Gasteiger partial charge >= 0.3 is 11.9 Å². The fraction of sp³-hybridized carbons (Fsp3) is 0.750. The van der Waals surface area contributed by atoms with Gasteiger partial charge in [-0.05, 0) is 13.8 Å². The van der Waals surface area contributed by atoms with Crippen molar-refractivity contribution >= 4 is 11.9 Å². The lowest BCUT2D eigenvalue weighted by atomic mass is 9.51. The van der Waals surface area contributed by atoms with E-state index in [9.17, 15) is 19.8 Å². The van der Waals surface area contributed by atoms with Gasteiger partial charge in [0, 0.05) is 12.3 Å². The molecule has 2 N–H and O–H groups in total. The maximum atomic E-state index is 12.5. The van der Waals surface area contributed by atoms with Gasteiger partial charge in [0.1, 0.15) is 18.3 Å². The number of hydrogen-bond acceptors (Lipinski definition) is 7. The molecule has 2 heterocycles. The van der Waals surface area contributed by atoms with Gasteiger partial charge in [-0.15, -0.1) is 0 Å². The van der Waals surface area contributed by atoms with Crippen molar-refractivity contribution in [2.24, 2.45) is 17.3 Å². The molecule has 2 saturated carbocycles. The summed E-state index contributed by atoms with van der Waals surface area (Å²) < 4.78 is 16.2. The van der Waals surface area contributed by atoms with Crippen molar-refractivity contribution < 1.29 is 34.0 Å². The third-order valence-corrected chi connectivity index (χ3v) is 6.64. The van der Waals surface area contributed by atoms with Gasteiger partial charge in [0.2, 0.25) is 0 Å². The molecular formula is C16H20O7. The van der Waals surface area contributed by atoms with Crippen LogP contribution in [0.5, 0.6) is 0 Å². The summed E-state index contributed by atoms with van der Waals surface area (Å²) in [6.07, 6.45) is -2.40. The highest BCUT2D eigenvalue weighted by molar-refractivity contribution is 5.88. The molecule has 8 atom stereocenters. The van der Waals surface area contributed by atoms with Gasteiger partial charge in [-0.2, -0.15) is 0 Å². The summed E-state index contributed by atoms with van der Waals surface area (Å²) in [6, 6.07) is 0. The van der Waals surface area contributed by atoms with Crippen LogP contribution in [0.3, 0.4) is 0 Å². The van der Waals surface area contributed by atoms with E-state index in [4.69, 9.17) is 14.2 Å². The molecule has 2 aliphatic carbocycles. The lowest BCUT2D eigenvalue weighted by Crippen LogP contribution is -2.73. The van der Waals surface area contributed by atoms with Crippen LogP contribution >= 0.6 is 0 Å². The molecule has 0 aromatic carbocycles. The van der Waals surface area contributed by atoms with Crippen LogP contribution < -0.4 is 0 Å². The first-order valence-electron chi connectivity index (χ1n) is 7.69. The third kappa shape index (κ3) is 1.24. The minimum atomic E-state index is -1.95. The zero-order valence-corrected chi connectivity index (χ0v) is 13.2. The van der Waals surface area contributed by atoms with Gasteiger partial charge in [-0.3, -0.25) is 4.79 Å². The number of hydrogen-bond donors (Lipinski definition) is 2. The number of carbonyl (C=O) groups is 2. The largest absolute Gasteiger partial charge is 0.469 e. The Balaban J connectivity index is 1.99. The Morgan fingerprint density at radius 3 is 2.65 bits per heavy atom. The molecule has 0 aromatic rings. The van der Waals surface area contributed by atoms with Gasteiger partial charge in [-0.25, -0.2) is 4.79 Å². The van der Waals surface area contributed by atoms with Crippen LogP contribution in [0, 0.1) is 17.3 Å². The molecule has 0 spiro atoms. The van der Waals surface area contributed by atoms with Crippen LogP contribution in [0.4, 0.5) is 0 Å². The molecule has 23 heavy (non-hydrogen) atoms. The molecule has 7 heteroatoms. The predicted molar refractivity (Wildman–Crippen MR) is 75.0 cm³/mol. The normalized spacial score (nSPS) is 55.7. The first kappa shape index (κ1) is 15.1. The second-order valence-electron chi connectivity index (χ2n) is 7.39. The van der Waals surface area contributed by atoms with Crippen LogP contribution in [-0.2, 0) is 23.8 Å². The van der Waals surface area contributed by atoms with E-state index in [-0.39, 0.29) is 6.42 Å². The standard InChI is InChI=1S/C16H20O7/c1-6(2)8-9(12(17)21-4)15(19)5-7-16(20)13(18)23-11(10(8)22-7)14(15,16)3/h7-11,19-20H,1,5H2,2-4H3/t7-,8-,9+,10+,11+,14+,15+,16-/m1/s1. The molecule has 2 saturated heterocycles. The molecule has 0 amide bonds. The first-order valence-corrected chi connectivity index (χ1v) is 7.69. The van der Waals surface area contributed by atoms with Crippen LogP contribution in [0.25, 0.3) is 0 Å². The zero-order valence-electron chi connectivity index (χ0n) is 13.2. The summed E-state index contributed by atoms with van der Waals surface area (Å²) in [7, 11) is 1.25. The van der Waals surface area contributed by atoms with E-state index in [1.54, 1.807) is 13.8 Å². The molecule has 2 aliphatic heterocycles. The SMILES string of the molecule is C=C(C)[C@H]1[C@@H]2O[C@@H]3C[C@](O)([C@@H]1C(=O)OC)[C@]1(C)[C@H]2OC(=O)[C@]31O. The van der Waals surface area contributed by atoms with Crippen LogP contribution in [0.1, 0.15) is 20.3 Å². The molecule has 4 aliphatic rings. The fourth-order valence-corrected chi connectivity index (χ4v) is 5.48. The summed E-state index contributed by atoms with van der Waals surface area (Å²) in [5.41, 5.74) is -4.31. The fourth-order valence-electron chi connectivity index (χ4n) is 5.48. The number of rotatable bonds is 2. The Bertz CT molecular complexity index is 644. The third-order valence-electron chi connectivity index (χ3n) is 6.64. The Morgan fingerprint density at radius 2 is 2.09 bits per heavy atom. The molecule has 0 aromatic heterocycles. The van der Waals surface area contributed by atoms with E-state index in [0.29, 0.717) is 5.57 Å². The van der Waals surface area contributed by atoms with Crippen LogP contribution in [-0.4, -0.2) is 58.8 Å². The predicted octanol–water partition coefficient (Wildman–Crippen LogP) is -0.454. The molecular weight excluding hydrogens is 304 g/mol. The number of aliphatic hydroxyl groups is 2. The minimum Gasteiger partial charge on any atom is -0.469 e. The molecule has 7 nitrogen and oxygen atoms in total. The average molecular weight is 324 g/mol. The van der Waals surface area contributed by atoms with Crippen molar-refractivity contribution in [3.05, 3.63) is 12.2 Å². The quantitative estimate of drug-likeness (QED) is 0.524. The van der Waals surface area contributed by atoms with Gasteiger partial charge in [-0.1, -0.05) is 12.2 Å². The highest BCUT2D eigenvalue weighted by Gasteiger charge is 2.89. The lowest BCUT2D eigenvalue weighted by molar-refractivity contribution is -0.270. The van der Waals surface area contributed by atoms with E-state index >= 15 is 0 Å². The first-order chi connectivity index (χ1) is 10.6. The maximum Gasteiger partial charge on any atom is 0.342 e. The number of carbonyl (C=O) groups excluding carboxylic acids is 2.